The number of thiophene rings is 1. The summed E-state index contributed by atoms with van der Waals surface area (Å²) in [6, 6.07) is 0. The molecule has 5 heteroatoms. The van der Waals surface area contributed by atoms with Crippen LogP contribution in [-0.4, -0.2) is 21.5 Å². The highest BCUT2D eigenvalue weighted by Crippen LogP contribution is 2.35. The lowest BCUT2D eigenvalue weighted by Crippen LogP contribution is -1.94. The summed E-state index contributed by atoms with van der Waals surface area (Å²) in [7, 11) is 0. The summed E-state index contributed by atoms with van der Waals surface area (Å²) in [5, 5.41) is 2.26. The van der Waals surface area contributed by atoms with Gasteiger partial charge in [0, 0.05) is 16.7 Å². The third-order valence-electron chi connectivity index (χ3n) is 3.02. The van der Waals surface area contributed by atoms with Crippen molar-refractivity contribution in [3.05, 3.63) is 16.3 Å². The van der Waals surface area contributed by atoms with E-state index in [1.54, 1.807) is 30.0 Å². The Labute approximate surface area is 121 Å². The number of nitrogens with zero attached hydrogens (tertiary/aromatic N) is 2. The Morgan fingerprint density at radius 2 is 2.00 bits per heavy atom. The molecule has 0 amide bonds. The Hall–Kier alpha value is -0.940. The van der Waals surface area contributed by atoms with Crippen molar-refractivity contribution in [2.45, 2.75) is 45.6 Å². The monoisotopic (exact) mass is 294 g/mol. The summed E-state index contributed by atoms with van der Waals surface area (Å²) in [5.74, 6) is 2.01. The Morgan fingerprint density at radius 3 is 2.68 bits per heavy atom. The normalized spacial score (nSPS) is 11.2. The van der Waals surface area contributed by atoms with Crippen LogP contribution in [0, 0.1) is 20.8 Å². The maximum absolute atomic E-state index is 10.9. The molecule has 0 N–H and O–H groups in total. The average Bonchev–Trinajstić information content (AvgIpc) is 2.60. The van der Waals surface area contributed by atoms with Gasteiger partial charge < -0.3 is 4.79 Å². The van der Waals surface area contributed by atoms with Gasteiger partial charge in [-0.2, -0.15) is 0 Å². The SMILES string of the molecule is CC(=O)CCCSc1nc(C)nc2sc(C)c(C)c12. The molecule has 0 aliphatic heterocycles. The van der Waals surface area contributed by atoms with E-state index in [0.717, 1.165) is 27.9 Å². The molecule has 0 bridgehead atoms. The molecule has 0 fully saturated rings. The van der Waals surface area contributed by atoms with Gasteiger partial charge in [0.1, 0.15) is 21.5 Å². The summed E-state index contributed by atoms with van der Waals surface area (Å²) in [6.45, 7) is 7.83. The van der Waals surface area contributed by atoms with Crippen molar-refractivity contribution in [1.29, 1.82) is 0 Å². The summed E-state index contributed by atoms with van der Waals surface area (Å²) in [5.41, 5.74) is 1.29. The Balaban J connectivity index is 2.24. The van der Waals surface area contributed by atoms with E-state index in [-0.39, 0.29) is 5.78 Å². The van der Waals surface area contributed by atoms with E-state index in [2.05, 4.69) is 23.8 Å². The third kappa shape index (κ3) is 3.34. The minimum atomic E-state index is 0.257. The van der Waals surface area contributed by atoms with Gasteiger partial charge in [0.05, 0.1) is 0 Å². The molecule has 0 aliphatic carbocycles. The standard InChI is InChI=1S/C14H18N2OS2/c1-8(17)6-5-7-18-13-12-9(2)10(3)19-14(12)16-11(4)15-13/h5-7H2,1-4H3. The minimum Gasteiger partial charge on any atom is -0.300 e. The molecule has 2 aromatic heterocycles. The Bertz CT molecular complexity index is 619. The molecule has 0 unspecified atom stereocenters. The molecule has 102 valence electrons. The highest BCUT2D eigenvalue weighted by Gasteiger charge is 2.13. The number of carbonyl (C=O) groups excluding carboxylic acids is 1. The first-order valence-corrected chi connectivity index (χ1v) is 8.16. The summed E-state index contributed by atoms with van der Waals surface area (Å²) >= 11 is 3.47. The number of carbonyl (C=O) groups is 1. The van der Waals surface area contributed by atoms with Gasteiger partial charge in [0.25, 0.3) is 0 Å². The summed E-state index contributed by atoms with van der Waals surface area (Å²) in [4.78, 5) is 22.4. The van der Waals surface area contributed by atoms with Crippen molar-refractivity contribution < 1.29 is 4.79 Å². The predicted molar refractivity (Wildman–Crippen MR) is 82.3 cm³/mol. The molecule has 0 radical (unpaired) electrons. The number of rotatable bonds is 5. The van der Waals surface area contributed by atoms with Gasteiger partial charge in [-0.05, 0) is 45.4 Å². The van der Waals surface area contributed by atoms with Crippen LogP contribution in [0.4, 0.5) is 0 Å². The highest BCUT2D eigenvalue weighted by molar-refractivity contribution is 7.99. The topological polar surface area (TPSA) is 42.9 Å². The fourth-order valence-corrected chi connectivity index (χ4v) is 4.12. The van der Waals surface area contributed by atoms with Gasteiger partial charge in [0.2, 0.25) is 0 Å². The number of hydrogen-bond acceptors (Lipinski definition) is 5. The number of thioether (sulfide) groups is 1. The lowest BCUT2D eigenvalue weighted by atomic mass is 10.2. The van der Waals surface area contributed by atoms with Crippen LogP contribution in [0.15, 0.2) is 5.03 Å². The minimum absolute atomic E-state index is 0.257. The fraction of sp³-hybridized carbons (Fsp3) is 0.500. The van der Waals surface area contributed by atoms with E-state index in [9.17, 15) is 4.79 Å². The Morgan fingerprint density at radius 1 is 1.26 bits per heavy atom. The molecule has 2 rings (SSSR count). The van der Waals surface area contributed by atoms with E-state index in [1.165, 1.54) is 15.8 Å². The summed E-state index contributed by atoms with van der Waals surface area (Å²) < 4.78 is 0. The molecular formula is C14H18N2OS2. The van der Waals surface area contributed by atoms with E-state index in [0.29, 0.717) is 6.42 Å². The van der Waals surface area contributed by atoms with Crippen LogP contribution in [0.1, 0.15) is 36.0 Å². The second kappa shape index (κ2) is 6.01. The van der Waals surface area contributed by atoms with Crippen molar-refractivity contribution in [3.8, 4) is 0 Å². The van der Waals surface area contributed by atoms with Crippen LogP contribution in [-0.2, 0) is 4.79 Å². The molecule has 0 atom stereocenters. The van der Waals surface area contributed by atoms with E-state index in [1.807, 2.05) is 6.92 Å². The van der Waals surface area contributed by atoms with Crippen LogP contribution in [0.25, 0.3) is 10.2 Å². The summed E-state index contributed by atoms with van der Waals surface area (Å²) in [6.07, 6.45) is 1.56. The number of hydrogen-bond donors (Lipinski definition) is 0. The molecule has 0 spiro atoms. The number of aromatic nitrogens is 2. The molecule has 2 heterocycles. The zero-order valence-corrected chi connectivity index (χ0v) is 13.4. The van der Waals surface area contributed by atoms with Gasteiger partial charge in [-0.25, -0.2) is 9.97 Å². The number of Topliss-reactive ketones (excluding diaryl/α,β-unsaturated/α-hetero) is 1. The second-order valence-electron chi connectivity index (χ2n) is 4.69. The first-order valence-electron chi connectivity index (χ1n) is 6.35. The predicted octanol–water partition coefficient (Wildman–Crippen LogP) is 4.08. The van der Waals surface area contributed by atoms with E-state index < -0.39 is 0 Å². The van der Waals surface area contributed by atoms with E-state index >= 15 is 0 Å². The van der Waals surface area contributed by atoms with Crippen LogP contribution in [0.2, 0.25) is 0 Å². The molecule has 0 saturated heterocycles. The van der Waals surface area contributed by atoms with Crippen molar-refractivity contribution in [3.63, 3.8) is 0 Å². The molecule has 2 aromatic rings. The van der Waals surface area contributed by atoms with Crippen LogP contribution >= 0.6 is 23.1 Å². The van der Waals surface area contributed by atoms with Crippen molar-refractivity contribution in [2.24, 2.45) is 0 Å². The van der Waals surface area contributed by atoms with Gasteiger partial charge >= 0.3 is 0 Å². The van der Waals surface area contributed by atoms with Crippen molar-refractivity contribution in [1.82, 2.24) is 9.97 Å². The molecule has 19 heavy (non-hydrogen) atoms. The molecule has 0 aromatic carbocycles. The first kappa shape index (κ1) is 14.5. The first-order chi connectivity index (χ1) is 8.99. The number of fused-ring (bicyclic) bond motifs is 1. The maximum atomic E-state index is 10.9. The number of aryl methyl sites for hydroxylation is 3. The Kier molecular flexibility index (Phi) is 4.58. The quantitative estimate of drug-likeness (QED) is 0.473. The van der Waals surface area contributed by atoms with Gasteiger partial charge in [-0.1, -0.05) is 0 Å². The van der Waals surface area contributed by atoms with Crippen LogP contribution < -0.4 is 0 Å². The zero-order valence-electron chi connectivity index (χ0n) is 11.7. The number of ketones is 1. The van der Waals surface area contributed by atoms with Gasteiger partial charge in [-0.3, -0.25) is 0 Å². The highest BCUT2D eigenvalue weighted by atomic mass is 32.2. The molecule has 0 saturated carbocycles. The van der Waals surface area contributed by atoms with E-state index in [4.69, 9.17) is 0 Å². The van der Waals surface area contributed by atoms with Crippen LogP contribution in [0.5, 0.6) is 0 Å². The molecule has 0 aliphatic rings. The zero-order chi connectivity index (χ0) is 14.0. The average molecular weight is 294 g/mol. The molecular weight excluding hydrogens is 276 g/mol. The van der Waals surface area contributed by atoms with Crippen molar-refractivity contribution >= 4 is 39.1 Å². The fourth-order valence-electron chi connectivity index (χ4n) is 1.91. The van der Waals surface area contributed by atoms with Crippen molar-refractivity contribution in [2.75, 3.05) is 5.75 Å². The maximum Gasteiger partial charge on any atom is 0.129 e. The van der Waals surface area contributed by atoms with Crippen LogP contribution in [0.3, 0.4) is 0 Å². The largest absolute Gasteiger partial charge is 0.300 e. The smallest absolute Gasteiger partial charge is 0.129 e. The third-order valence-corrected chi connectivity index (χ3v) is 5.18. The van der Waals surface area contributed by atoms with Gasteiger partial charge in [0.15, 0.2) is 0 Å². The lowest BCUT2D eigenvalue weighted by molar-refractivity contribution is -0.117. The van der Waals surface area contributed by atoms with Gasteiger partial charge in [-0.15, -0.1) is 23.1 Å². The second-order valence-corrected chi connectivity index (χ2v) is 6.98. The molecule has 3 nitrogen and oxygen atoms in total. The lowest BCUT2D eigenvalue weighted by Gasteiger charge is -2.04.